The van der Waals surface area contributed by atoms with Crippen LogP contribution in [0.15, 0.2) is 24.3 Å². The maximum Gasteiger partial charge on any atom is 0.217 e. The third-order valence-corrected chi connectivity index (χ3v) is 6.19. The molecule has 5 nitrogen and oxygen atoms in total. The van der Waals surface area contributed by atoms with Crippen molar-refractivity contribution in [2.45, 2.75) is 24.6 Å². The lowest BCUT2D eigenvalue weighted by molar-refractivity contribution is 0.0973. The molecule has 0 unspecified atom stereocenters. The van der Waals surface area contributed by atoms with Gasteiger partial charge in [-0.05, 0) is 24.5 Å². The number of thiocarbonyl (C=S) groups is 1. The van der Waals surface area contributed by atoms with E-state index in [9.17, 15) is 8.42 Å². The normalized spacial score (nSPS) is 17.0. The Morgan fingerprint density at radius 2 is 2.10 bits per heavy atom. The molecule has 0 amide bonds. The van der Waals surface area contributed by atoms with Gasteiger partial charge in [0.2, 0.25) is 10.0 Å². The summed E-state index contributed by atoms with van der Waals surface area (Å²) in [6.45, 7) is 1.33. The molecular weight excluding hydrogens is 308 g/mol. The average molecular weight is 328 g/mol. The fourth-order valence-electron chi connectivity index (χ4n) is 2.40. The summed E-state index contributed by atoms with van der Waals surface area (Å²) in [5.74, 6) is 0. The quantitative estimate of drug-likeness (QED) is 0.824. The number of nitrogens with zero attached hydrogens (tertiary/aromatic N) is 1. The van der Waals surface area contributed by atoms with Crippen molar-refractivity contribution in [1.29, 1.82) is 0 Å². The smallest absolute Gasteiger partial charge is 0.217 e. The first kappa shape index (κ1) is 16.4. The molecule has 0 aromatic heterocycles. The van der Waals surface area contributed by atoms with E-state index in [4.69, 9.17) is 22.7 Å². The van der Waals surface area contributed by atoms with Gasteiger partial charge in [-0.2, -0.15) is 0 Å². The van der Waals surface area contributed by atoms with Gasteiger partial charge in [0.1, 0.15) is 4.99 Å². The van der Waals surface area contributed by atoms with Gasteiger partial charge in [-0.1, -0.05) is 30.4 Å². The summed E-state index contributed by atoms with van der Waals surface area (Å²) in [5.41, 5.74) is 7.22. The molecule has 21 heavy (non-hydrogen) atoms. The molecule has 116 valence electrons. The second-order valence-electron chi connectivity index (χ2n) is 5.18. The highest BCUT2D eigenvalue weighted by Crippen LogP contribution is 2.20. The largest absolute Gasteiger partial charge is 0.389 e. The Bertz CT molecular complexity index is 610. The van der Waals surface area contributed by atoms with Crippen LogP contribution in [0.5, 0.6) is 0 Å². The molecule has 0 spiro atoms. The Morgan fingerprint density at radius 3 is 2.71 bits per heavy atom. The van der Waals surface area contributed by atoms with Gasteiger partial charge in [0.05, 0.1) is 5.25 Å². The first-order valence-electron chi connectivity index (χ1n) is 6.83. The Balaban J connectivity index is 2.11. The van der Waals surface area contributed by atoms with E-state index in [1.165, 1.54) is 4.31 Å². The zero-order valence-electron chi connectivity index (χ0n) is 12.0. The van der Waals surface area contributed by atoms with E-state index in [1.54, 1.807) is 7.05 Å². The van der Waals surface area contributed by atoms with E-state index in [0.29, 0.717) is 37.6 Å². The summed E-state index contributed by atoms with van der Waals surface area (Å²) in [5, 5.41) is -0.352. The molecule has 0 atom stereocenters. The second kappa shape index (κ2) is 6.83. The van der Waals surface area contributed by atoms with E-state index in [0.717, 1.165) is 11.1 Å². The molecular formula is C14H20N2O3S2. The van der Waals surface area contributed by atoms with E-state index < -0.39 is 10.0 Å². The minimum Gasteiger partial charge on any atom is -0.389 e. The van der Waals surface area contributed by atoms with Gasteiger partial charge in [0, 0.05) is 32.4 Å². The number of nitrogens with two attached hydrogens (primary N) is 1. The number of hydrogen-bond acceptors (Lipinski definition) is 4. The monoisotopic (exact) mass is 328 g/mol. The summed E-state index contributed by atoms with van der Waals surface area (Å²) in [6.07, 6.45) is 1.11. The molecule has 1 aliphatic rings. The fourth-order valence-corrected chi connectivity index (χ4v) is 4.15. The number of hydrogen-bond donors (Lipinski definition) is 1. The van der Waals surface area contributed by atoms with Crippen molar-refractivity contribution in [3.8, 4) is 0 Å². The maximum atomic E-state index is 12.5. The molecule has 0 aliphatic carbocycles. The van der Waals surface area contributed by atoms with Gasteiger partial charge in [-0.15, -0.1) is 0 Å². The molecule has 1 saturated heterocycles. The molecule has 1 aliphatic heterocycles. The van der Waals surface area contributed by atoms with Crippen LogP contribution in [0.2, 0.25) is 0 Å². The lowest BCUT2D eigenvalue weighted by atomic mass is 10.1. The molecule has 0 saturated carbocycles. The van der Waals surface area contributed by atoms with Crippen LogP contribution >= 0.6 is 12.2 Å². The molecule has 7 heteroatoms. The van der Waals surface area contributed by atoms with Crippen LogP contribution in [0.3, 0.4) is 0 Å². The van der Waals surface area contributed by atoms with Crippen molar-refractivity contribution in [2.75, 3.05) is 20.3 Å². The lowest BCUT2D eigenvalue weighted by Crippen LogP contribution is -2.39. The van der Waals surface area contributed by atoms with E-state index in [2.05, 4.69) is 0 Å². The number of sulfonamides is 1. The zero-order chi connectivity index (χ0) is 15.5. The zero-order valence-corrected chi connectivity index (χ0v) is 13.6. The molecule has 0 bridgehead atoms. The standard InChI is InChI=1S/C14H20N2O3S2/c1-16(21(17,18)13-5-7-19-8-6-13)10-11-3-2-4-12(9-11)14(15)20/h2-4,9,13H,5-8,10H2,1H3,(H2,15,20). The minimum absolute atomic E-state index is 0.312. The summed E-state index contributed by atoms with van der Waals surface area (Å²) in [4.78, 5) is 0.312. The van der Waals surface area contributed by atoms with Crippen LogP contribution in [0.4, 0.5) is 0 Å². The first-order chi connectivity index (χ1) is 9.91. The van der Waals surface area contributed by atoms with E-state index >= 15 is 0 Å². The average Bonchev–Trinajstić information content (AvgIpc) is 2.48. The second-order valence-corrected chi connectivity index (χ2v) is 7.94. The maximum absolute atomic E-state index is 12.5. The number of benzene rings is 1. The summed E-state index contributed by atoms with van der Waals surface area (Å²) in [6, 6.07) is 7.35. The number of rotatable bonds is 5. The van der Waals surface area contributed by atoms with Crippen LogP contribution in [0.25, 0.3) is 0 Å². The van der Waals surface area contributed by atoms with Gasteiger partial charge in [-0.25, -0.2) is 12.7 Å². The molecule has 2 rings (SSSR count). The molecule has 0 radical (unpaired) electrons. The minimum atomic E-state index is -3.30. The van der Waals surface area contributed by atoms with Crippen molar-refractivity contribution in [3.63, 3.8) is 0 Å². The summed E-state index contributed by atoms with van der Waals surface area (Å²) in [7, 11) is -1.69. The van der Waals surface area contributed by atoms with Crippen molar-refractivity contribution < 1.29 is 13.2 Å². The third-order valence-electron chi connectivity index (χ3n) is 3.64. The van der Waals surface area contributed by atoms with Gasteiger partial charge in [0.15, 0.2) is 0 Å². The summed E-state index contributed by atoms with van der Waals surface area (Å²) >= 11 is 4.94. The van der Waals surface area contributed by atoms with Crippen LogP contribution in [0, 0.1) is 0 Å². The summed E-state index contributed by atoms with van der Waals surface area (Å²) < 4.78 is 31.7. The van der Waals surface area contributed by atoms with E-state index in [1.807, 2.05) is 24.3 Å². The van der Waals surface area contributed by atoms with Gasteiger partial charge >= 0.3 is 0 Å². The van der Waals surface area contributed by atoms with Crippen molar-refractivity contribution in [3.05, 3.63) is 35.4 Å². The Morgan fingerprint density at radius 1 is 1.43 bits per heavy atom. The molecule has 1 heterocycles. The predicted octanol–water partition coefficient (Wildman–Crippen LogP) is 1.26. The predicted molar refractivity (Wildman–Crippen MR) is 86.6 cm³/mol. The highest BCUT2D eigenvalue weighted by Gasteiger charge is 2.31. The highest BCUT2D eigenvalue weighted by molar-refractivity contribution is 7.89. The number of ether oxygens (including phenoxy) is 1. The highest BCUT2D eigenvalue weighted by atomic mass is 32.2. The van der Waals surface area contributed by atoms with Crippen molar-refractivity contribution >= 4 is 27.2 Å². The van der Waals surface area contributed by atoms with Crippen molar-refractivity contribution in [2.24, 2.45) is 5.73 Å². The first-order valence-corrected chi connectivity index (χ1v) is 8.74. The van der Waals surface area contributed by atoms with Crippen LogP contribution < -0.4 is 5.73 Å². The van der Waals surface area contributed by atoms with E-state index in [-0.39, 0.29) is 5.25 Å². The van der Waals surface area contributed by atoms with Crippen molar-refractivity contribution in [1.82, 2.24) is 4.31 Å². The molecule has 1 aromatic carbocycles. The van der Waals surface area contributed by atoms with Gasteiger partial charge in [-0.3, -0.25) is 0 Å². The fraction of sp³-hybridized carbons (Fsp3) is 0.500. The Kier molecular flexibility index (Phi) is 5.32. The third kappa shape index (κ3) is 4.00. The lowest BCUT2D eigenvalue weighted by Gasteiger charge is -2.27. The SMILES string of the molecule is CN(Cc1cccc(C(N)=S)c1)S(=O)(=O)C1CCOCC1. The Labute approximate surface area is 131 Å². The Hall–Kier alpha value is -1.02. The molecule has 2 N–H and O–H groups in total. The molecule has 1 fully saturated rings. The van der Waals surface area contributed by atoms with Gasteiger partial charge in [0.25, 0.3) is 0 Å². The molecule has 1 aromatic rings. The van der Waals surface area contributed by atoms with Crippen LogP contribution in [-0.2, 0) is 21.3 Å². The van der Waals surface area contributed by atoms with Gasteiger partial charge < -0.3 is 10.5 Å². The topological polar surface area (TPSA) is 72.6 Å². The van der Waals surface area contributed by atoms with Crippen LogP contribution in [-0.4, -0.2) is 43.2 Å². The van der Waals surface area contributed by atoms with Crippen LogP contribution in [0.1, 0.15) is 24.0 Å².